The summed E-state index contributed by atoms with van der Waals surface area (Å²) in [5.74, 6) is -1.17. The van der Waals surface area contributed by atoms with E-state index >= 15 is 0 Å². The average molecular weight is 447 g/mol. The van der Waals surface area contributed by atoms with Crippen LogP contribution in [0.5, 0.6) is 0 Å². The largest absolute Gasteiger partial charge is 0.322 e. The van der Waals surface area contributed by atoms with Crippen LogP contribution in [0.2, 0.25) is 5.02 Å². The van der Waals surface area contributed by atoms with Crippen LogP contribution in [0.15, 0.2) is 71.6 Å². The third-order valence-electron chi connectivity index (χ3n) is 4.13. The standard InChI is InChI=1S/C21H16ClFN2O4S/c1-13(26)14-2-7-17(8-3-14)24-21(27)15-4-11-19(22)20(12-15)30(28,29)25-18-9-5-16(23)6-10-18/h2-12,25H,1H3,(H,24,27). The van der Waals surface area contributed by atoms with E-state index in [1.807, 2.05) is 0 Å². The van der Waals surface area contributed by atoms with Gasteiger partial charge in [0.25, 0.3) is 15.9 Å². The number of ketones is 1. The molecule has 9 heteroatoms. The van der Waals surface area contributed by atoms with Gasteiger partial charge in [0.15, 0.2) is 5.78 Å². The minimum Gasteiger partial charge on any atom is -0.322 e. The van der Waals surface area contributed by atoms with Crippen molar-refractivity contribution in [1.82, 2.24) is 0 Å². The molecular formula is C21H16ClFN2O4S. The molecule has 0 spiro atoms. The summed E-state index contributed by atoms with van der Waals surface area (Å²) < 4.78 is 40.7. The first kappa shape index (κ1) is 21.5. The number of nitrogens with one attached hydrogen (secondary N) is 2. The number of benzene rings is 3. The Morgan fingerprint density at radius 2 is 1.43 bits per heavy atom. The fourth-order valence-corrected chi connectivity index (χ4v) is 4.16. The van der Waals surface area contributed by atoms with Crippen LogP contribution >= 0.6 is 11.6 Å². The first-order valence-electron chi connectivity index (χ1n) is 8.66. The molecule has 0 aromatic heterocycles. The fraction of sp³-hybridized carbons (Fsp3) is 0.0476. The Kier molecular flexibility index (Phi) is 6.19. The highest BCUT2D eigenvalue weighted by Crippen LogP contribution is 2.26. The molecule has 0 aliphatic rings. The summed E-state index contributed by atoms with van der Waals surface area (Å²) in [6, 6.07) is 14.9. The maximum atomic E-state index is 13.0. The minimum atomic E-state index is -4.12. The first-order valence-corrected chi connectivity index (χ1v) is 10.5. The van der Waals surface area contributed by atoms with Gasteiger partial charge in [-0.25, -0.2) is 12.8 Å². The van der Waals surface area contributed by atoms with Crippen molar-refractivity contribution in [2.45, 2.75) is 11.8 Å². The highest BCUT2D eigenvalue weighted by molar-refractivity contribution is 7.92. The number of anilines is 2. The van der Waals surface area contributed by atoms with E-state index in [0.717, 1.165) is 18.2 Å². The summed E-state index contributed by atoms with van der Waals surface area (Å²) in [6.45, 7) is 1.43. The monoisotopic (exact) mass is 446 g/mol. The van der Waals surface area contributed by atoms with Gasteiger partial charge in [-0.15, -0.1) is 0 Å². The van der Waals surface area contributed by atoms with E-state index in [9.17, 15) is 22.4 Å². The predicted molar refractivity (Wildman–Crippen MR) is 113 cm³/mol. The number of carbonyl (C=O) groups excluding carboxylic acids is 2. The molecule has 3 aromatic carbocycles. The third kappa shape index (κ3) is 5.03. The molecule has 0 saturated carbocycles. The molecule has 0 aliphatic carbocycles. The van der Waals surface area contributed by atoms with Crippen LogP contribution < -0.4 is 10.0 Å². The van der Waals surface area contributed by atoms with Crippen molar-refractivity contribution in [3.8, 4) is 0 Å². The zero-order chi connectivity index (χ0) is 21.9. The van der Waals surface area contributed by atoms with Gasteiger partial charge in [0.1, 0.15) is 10.7 Å². The molecule has 0 unspecified atom stereocenters. The number of halogens is 2. The van der Waals surface area contributed by atoms with Gasteiger partial charge in [-0.05, 0) is 73.7 Å². The lowest BCUT2D eigenvalue weighted by Gasteiger charge is -2.11. The highest BCUT2D eigenvalue weighted by Gasteiger charge is 2.20. The summed E-state index contributed by atoms with van der Waals surface area (Å²) in [5, 5.41) is 2.55. The first-order chi connectivity index (χ1) is 14.2. The SMILES string of the molecule is CC(=O)c1ccc(NC(=O)c2ccc(Cl)c(S(=O)(=O)Nc3ccc(F)cc3)c2)cc1. The van der Waals surface area contributed by atoms with E-state index in [1.54, 1.807) is 24.3 Å². The van der Waals surface area contributed by atoms with E-state index in [1.165, 1.54) is 31.2 Å². The Bertz CT molecular complexity index is 1210. The number of Topliss-reactive ketones (excluding diaryl/α,β-unsaturated/α-hetero) is 1. The molecule has 6 nitrogen and oxygen atoms in total. The lowest BCUT2D eigenvalue weighted by molar-refractivity contribution is 0.101. The molecule has 1 amide bonds. The molecule has 0 heterocycles. The quantitative estimate of drug-likeness (QED) is 0.535. The Balaban J connectivity index is 1.83. The van der Waals surface area contributed by atoms with Crippen LogP contribution in [0.3, 0.4) is 0 Å². The van der Waals surface area contributed by atoms with E-state index in [2.05, 4.69) is 10.0 Å². The van der Waals surface area contributed by atoms with Crippen molar-refractivity contribution in [3.63, 3.8) is 0 Å². The Hall–Kier alpha value is -3.23. The molecule has 0 saturated heterocycles. The van der Waals surface area contributed by atoms with E-state index in [-0.39, 0.29) is 27.0 Å². The zero-order valence-electron chi connectivity index (χ0n) is 15.6. The van der Waals surface area contributed by atoms with Crippen molar-refractivity contribution >= 4 is 44.7 Å². The highest BCUT2D eigenvalue weighted by atomic mass is 35.5. The zero-order valence-corrected chi connectivity index (χ0v) is 17.2. The second-order valence-corrected chi connectivity index (χ2v) is 8.40. The van der Waals surface area contributed by atoms with Gasteiger partial charge >= 0.3 is 0 Å². The molecular weight excluding hydrogens is 431 g/mol. The number of carbonyl (C=O) groups is 2. The summed E-state index contributed by atoms with van der Waals surface area (Å²) in [7, 11) is -4.12. The van der Waals surface area contributed by atoms with Crippen molar-refractivity contribution in [2.24, 2.45) is 0 Å². The summed E-state index contributed by atoms with van der Waals surface area (Å²) in [6.07, 6.45) is 0. The molecule has 3 aromatic rings. The van der Waals surface area contributed by atoms with Gasteiger partial charge in [-0.1, -0.05) is 11.6 Å². The maximum Gasteiger partial charge on any atom is 0.263 e. The number of amides is 1. The number of rotatable bonds is 6. The average Bonchev–Trinajstić information content (AvgIpc) is 2.70. The van der Waals surface area contributed by atoms with Gasteiger partial charge in [-0.2, -0.15) is 0 Å². The number of hydrogen-bond donors (Lipinski definition) is 2. The van der Waals surface area contributed by atoms with Crippen molar-refractivity contribution in [3.05, 3.63) is 88.7 Å². The number of sulfonamides is 1. The van der Waals surface area contributed by atoms with Gasteiger partial charge in [0, 0.05) is 22.5 Å². The molecule has 3 rings (SSSR count). The van der Waals surface area contributed by atoms with Crippen LogP contribution in [0.4, 0.5) is 15.8 Å². The van der Waals surface area contributed by atoms with Crippen LogP contribution in [0, 0.1) is 5.82 Å². The van der Waals surface area contributed by atoms with Gasteiger partial charge < -0.3 is 5.32 Å². The van der Waals surface area contributed by atoms with Gasteiger partial charge in [0.05, 0.1) is 5.02 Å². The summed E-state index contributed by atoms with van der Waals surface area (Å²) >= 11 is 6.04. The van der Waals surface area contributed by atoms with Crippen molar-refractivity contribution in [2.75, 3.05) is 10.0 Å². The molecule has 0 bridgehead atoms. The van der Waals surface area contributed by atoms with Crippen LogP contribution in [-0.4, -0.2) is 20.1 Å². The fourth-order valence-electron chi connectivity index (χ4n) is 2.57. The minimum absolute atomic E-state index is 0.0644. The second kappa shape index (κ2) is 8.64. The lowest BCUT2D eigenvalue weighted by atomic mass is 10.1. The Morgan fingerprint density at radius 1 is 0.867 bits per heavy atom. The molecule has 2 N–H and O–H groups in total. The Labute approximate surface area is 177 Å². The lowest BCUT2D eigenvalue weighted by Crippen LogP contribution is -2.16. The molecule has 30 heavy (non-hydrogen) atoms. The van der Waals surface area contributed by atoms with E-state index in [4.69, 9.17) is 11.6 Å². The maximum absolute atomic E-state index is 13.0. The van der Waals surface area contributed by atoms with Gasteiger partial charge in [0.2, 0.25) is 0 Å². The molecule has 0 aliphatic heterocycles. The molecule has 154 valence electrons. The second-order valence-electron chi connectivity index (χ2n) is 6.35. The van der Waals surface area contributed by atoms with E-state index in [0.29, 0.717) is 11.3 Å². The van der Waals surface area contributed by atoms with Crippen LogP contribution in [0.1, 0.15) is 27.6 Å². The summed E-state index contributed by atoms with van der Waals surface area (Å²) in [4.78, 5) is 23.6. The summed E-state index contributed by atoms with van der Waals surface area (Å²) in [5.41, 5.74) is 1.15. The smallest absolute Gasteiger partial charge is 0.263 e. The van der Waals surface area contributed by atoms with Crippen molar-refractivity contribution in [1.29, 1.82) is 0 Å². The normalized spacial score (nSPS) is 11.0. The van der Waals surface area contributed by atoms with Crippen LogP contribution in [0.25, 0.3) is 0 Å². The van der Waals surface area contributed by atoms with Crippen LogP contribution in [-0.2, 0) is 10.0 Å². The Morgan fingerprint density at radius 3 is 2.03 bits per heavy atom. The molecule has 0 atom stereocenters. The van der Waals surface area contributed by atoms with Gasteiger partial charge in [-0.3, -0.25) is 14.3 Å². The van der Waals surface area contributed by atoms with Crippen molar-refractivity contribution < 1.29 is 22.4 Å². The topological polar surface area (TPSA) is 92.3 Å². The predicted octanol–water partition coefficient (Wildman–Crippen LogP) is 4.73. The third-order valence-corrected chi connectivity index (χ3v) is 5.99. The number of hydrogen-bond acceptors (Lipinski definition) is 4. The molecule has 0 fully saturated rings. The van der Waals surface area contributed by atoms with E-state index < -0.39 is 21.7 Å². The molecule has 0 radical (unpaired) electrons.